The van der Waals surface area contributed by atoms with Gasteiger partial charge in [0.2, 0.25) is 0 Å². The van der Waals surface area contributed by atoms with Gasteiger partial charge in [-0.1, -0.05) is 6.07 Å². The van der Waals surface area contributed by atoms with Crippen LogP contribution in [0.4, 0.5) is 0 Å². The number of hydrogen-bond acceptors (Lipinski definition) is 3. The van der Waals surface area contributed by atoms with Gasteiger partial charge >= 0.3 is 0 Å². The van der Waals surface area contributed by atoms with Gasteiger partial charge in [-0.25, -0.2) is 0 Å². The normalized spacial score (nSPS) is 10.3. The van der Waals surface area contributed by atoms with Crippen LogP contribution >= 0.6 is 22.6 Å². The third-order valence-electron chi connectivity index (χ3n) is 2.46. The monoisotopic (exact) mass is 356 g/mol. The second kappa shape index (κ2) is 6.06. The van der Waals surface area contributed by atoms with Crippen LogP contribution in [-0.2, 0) is 6.42 Å². The molecule has 0 spiro atoms. The zero-order chi connectivity index (χ0) is 13.0. The lowest BCUT2D eigenvalue weighted by atomic mass is 10.1. The van der Waals surface area contributed by atoms with Crippen LogP contribution in [0.1, 0.15) is 5.56 Å². The van der Waals surface area contributed by atoms with Crippen LogP contribution < -0.4 is 4.74 Å². The van der Waals surface area contributed by atoms with Crippen LogP contribution in [0, 0.1) is 3.57 Å². The highest BCUT2D eigenvalue weighted by Crippen LogP contribution is 2.28. The molecule has 0 aliphatic heterocycles. The van der Waals surface area contributed by atoms with Gasteiger partial charge in [0.05, 0.1) is 3.57 Å². The number of benzene rings is 2. The molecule has 0 saturated heterocycles. The number of ether oxygens (including phenoxy) is 1. The van der Waals surface area contributed by atoms with E-state index in [-0.39, 0.29) is 12.4 Å². The molecule has 0 heterocycles. The van der Waals surface area contributed by atoms with E-state index < -0.39 is 0 Å². The number of phenols is 1. The molecule has 0 radical (unpaired) electrons. The van der Waals surface area contributed by atoms with Crippen molar-refractivity contribution >= 4 is 22.6 Å². The zero-order valence-electron chi connectivity index (χ0n) is 9.64. The molecule has 2 aromatic rings. The van der Waals surface area contributed by atoms with E-state index in [1.165, 1.54) is 0 Å². The predicted octanol–water partition coefficient (Wildman–Crippen LogP) is 3.32. The summed E-state index contributed by atoms with van der Waals surface area (Å²) in [5.74, 6) is 1.67. The Morgan fingerprint density at radius 3 is 2.39 bits per heavy atom. The molecular weight excluding hydrogens is 343 g/mol. The van der Waals surface area contributed by atoms with E-state index >= 15 is 0 Å². The molecule has 3 nitrogen and oxygen atoms in total. The average molecular weight is 356 g/mol. The fraction of sp³-hybridized carbons (Fsp3) is 0.143. The Morgan fingerprint density at radius 2 is 1.78 bits per heavy atom. The largest absolute Gasteiger partial charge is 0.508 e. The maximum absolute atomic E-state index is 9.19. The Labute approximate surface area is 119 Å². The lowest BCUT2D eigenvalue weighted by Gasteiger charge is -2.09. The highest BCUT2D eigenvalue weighted by atomic mass is 127. The van der Waals surface area contributed by atoms with Crippen LogP contribution in [0.5, 0.6) is 17.2 Å². The number of hydrogen-bond donors (Lipinski definition) is 2. The van der Waals surface area contributed by atoms with E-state index in [0.29, 0.717) is 12.2 Å². The van der Waals surface area contributed by atoms with Crippen LogP contribution in [0.2, 0.25) is 0 Å². The average Bonchev–Trinajstić information content (AvgIpc) is 2.36. The van der Waals surface area contributed by atoms with Gasteiger partial charge in [0, 0.05) is 6.61 Å². The maximum atomic E-state index is 9.19. The topological polar surface area (TPSA) is 49.7 Å². The first-order valence-corrected chi connectivity index (χ1v) is 6.63. The molecule has 0 aromatic heterocycles. The van der Waals surface area contributed by atoms with Crippen molar-refractivity contribution in [1.82, 2.24) is 0 Å². The Morgan fingerprint density at radius 1 is 1.06 bits per heavy atom. The first-order valence-electron chi connectivity index (χ1n) is 5.55. The SMILES string of the molecule is OCCc1ccc(Oc2ccc(O)cc2)c(I)c1. The van der Waals surface area contributed by atoms with Crippen LogP contribution in [0.3, 0.4) is 0 Å². The number of aliphatic hydroxyl groups excluding tert-OH is 1. The van der Waals surface area contributed by atoms with Gasteiger partial charge in [0.25, 0.3) is 0 Å². The Kier molecular flexibility index (Phi) is 4.43. The van der Waals surface area contributed by atoms with E-state index in [1.54, 1.807) is 24.3 Å². The molecule has 0 aliphatic carbocycles. The Hall–Kier alpha value is -1.27. The molecule has 0 fully saturated rings. The minimum absolute atomic E-state index is 0.147. The molecule has 0 aliphatic rings. The Bertz CT molecular complexity index is 523. The van der Waals surface area contributed by atoms with E-state index in [0.717, 1.165) is 14.9 Å². The summed E-state index contributed by atoms with van der Waals surface area (Å²) in [5, 5.41) is 18.1. The number of rotatable bonds is 4. The molecule has 0 amide bonds. The van der Waals surface area contributed by atoms with Crippen molar-refractivity contribution in [1.29, 1.82) is 0 Å². The fourth-order valence-corrected chi connectivity index (χ4v) is 2.24. The molecule has 18 heavy (non-hydrogen) atoms. The summed E-state index contributed by atoms with van der Waals surface area (Å²) in [6, 6.07) is 12.4. The first-order chi connectivity index (χ1) is 8.69. The highest BCUT2D eigenvalue weighted by Gasteiger charge is 2.04. The summed E-state index contributed by atoms with van der Waals surface area (Å²) in [6.07, 6.45) is 0.648. The molecule has 0 saturated carbocycles. The molecule has 0 unspecified atom stereocenters. The van der Waals surface area contributed by atoms with Crippen molar-refractivity contribution in [3.05, 3.63) is 51.6 Å². The second-order valence-corrected chi connectivity index (χ2v) is 5.00. The summed E-state index contributed by atoms with van der Waals surface area (Å²) in [5.41, 5.74) is 1.08. The summed E-state index contributed by atoms with van der Waals surface area (Å²) in [6.45, 7) is 0.147. The molecule has 2 rings (SSSR count). The lowest BCUT2D eigenvalue weighted by Crippen LogP contribution is -1.93. The van der Waals surface area contributed by atoms with Crippen molar-refractivity contribution in [2.75, 3.05) is 6.61 Å². The van der Waals surface area contributed by atoms with Gasteiger partial charge in [-0.05, 0) is 71.0 Å². The second-order valence-electron chi connectivity index (χ2n) is 3.83. The maximum Gasteiger partial charge on any atom is 0.140 e. The summed E-state index contributed by atoms with van der Waals surface area (Å²) < 4.78 is 6.71. The summed E-state index contributed by atoms with van der Waals surface area (Å²) in [4.78, 5) is 0. The van der Waals surface area contributed by atoms with E-state index in [1.807, 2.05) is 18.2 Å². The third-order valence-corrected chi connectivity index (χ3v) is 3.30. The van der Waals surface area contributed by atoms with Crippen LogP contribution in [-0.4, -0.2) is 16.8 Å². The number of aromatic hydroxyl groups is 1. The van der Waals surface area contributed by atoms with Gasteiger partial charge in [-0.2, -0.15) is 0 Å². The van der Waals surface area contributed by atoms with E-state index in [2.05, 4.69) is 22.6 Å². The van der Waals surface area contributed by atoms with Gasteiger partial charge in [-0.3, -0.25) is 0 Å². The van der Waals surface area contributed by atoms with Crippen molar-refractivity contribution in [3.8, 4) is 17.2 Å². The van der Waals surface area contributed by atoms with Crippen molar-refractivity contribution in [3.63, 3.8) is 0 Å². The number of phenolic OH excluding ortho intramolecular Hbond substituents is 1. The molecule has 94 valence electrons. The van der Waals surface area contributed by atoms with Crippen molar-refractivity contribution in [2.24, 2.45) is 0 Å². The number of halogens is 1. The minimum atomic E-state index is 0.147. The third kappa shape index (κ3) is 3.36. The molecular formula is C14H13IO3. The lowest BCUT2D eigenvalue weighted by molar-refractivity contribution is 0.299. The summed E-state index contributed by atoms with van der Waals surface area (Å²) in [7, 11) is 0. The standard InChI is InChI=1S/C14H13IO3/c15-13-9-10(7-8-16)1-6-14(13)18-12-4-2-11(17)3-5-12/h1-6,9,16-17H,7-8H2. The summed E-state index contributed by atoms with van der Waals surface area (Å²) >= 11 is 2.20. The predicted molar refractivity (Wildman–Crippen MR) is 78.1 cm³/mol. The molecule has 4 heteroatoms. The quantitative estimate of drug-likeness (QED) is 0.827. The van der Waals surface area contributed by atoms with Crippen molar-refractivity contribution in [2.45, 2.75) is 6.42 Å². The van der Waals surface area contributed by atoms with E-state index in [4.69, 9.17) is 9.84 Å². The van der Waals surface area contributed by atoms with Crippen molar-refractivity contribution < 1.29 is 14.9 Å². The van der Waals surface area contributed by atoms with Gasteiger partial charge in [0.15, 0.2) is 0 Å². The van der Waals surface area contributed by atoms with Gasteiger partial charge in [-0.15, -0.1) is 0 Å². The highest BCUT2D eigenvalue weighted by molar-refractivity contribution is 14.1. The minimum Gasteiger partial charge on any atom is -0.508 e. The van der Waals surface area contributed by atoms with Crippen LogP contribution in [0.15, 0.2) is 42.5 Å². The molecule has 0 atom stereocenters. The Balaban J connectivity index is 2.16. The van der Waals surface area contributed by atoms with Crippen LogP contribution in [0.25, 0.3) is 0 Å². The molecule has 2 aromatic carbocycles. The smallest absolute Gasteiger partial charge is 0.140 e. The first kappa shape index (κ1) is 13.2. The van der Waals surface area contributed by atoms with Gasteiger partial charge < -0.3 is 14.9 Å². The van der Waals surface area contributed by atoms with E-state index in [9.17, 15) is 5.11 Å². The molecule has 2 N–H and O–H groups in total. The zero-order valence-corrected chi connectivity index (χ0v) is 11.8. The van der Waals surface area contributed by atoms with Gasteiger partial charge in [0.1, 0.15) is 17.2 Å². The fourth-order valence-electron chi connectivity index (χ4n) is 1.55. The number of aliphatic hydroxyl groups is 1. The molecule has 0 bridgehead atoms.